The van der Waals surface area contributed by atoms with Crippen LogP contribution in [0.3, 0.4) is 0 Å². The molecule has 0 aliphatic heterocycles. The maximum Gasteiger partial charge on any atom is 0.351 e. The van der Waals surface area contributed by atoms with Crippen LogP contribution in [0.4, 0.5) is 20.7 Å². The van der Waals surface area contributed by atoms with E-state index in [1.807, 2.05) is 6.92 Å². The Labute approximate surface area is 193 Å². The van der Waals surface area contributed by atoms with E-state index in [1.54, 1.807) is 41.1 Å². The molecule has 174 valence electrons. The number of hydroxylamine groups is 1. The highest BCUT2D eigenvalue weighted by Gasteiger charge is 2.22. The Morgan fingerprint density at radius 1 is 1.15 bits per heavy atom. The molecule has 0 unspecified atom stereocenters. The van der Waals surface area contributed by atoms with E-state index in [1.165, 1.54) is 37.3 Å². The molecule has 0 radical (unpaired) electrons. The molecule has 0 fully saturated rings. The highest BCUT2D eigenvalue weighted by atomic mass is 19.1. The van der Waals surface area contributed by atoms with Crippen LogP contribution in [0.25, 0.3) is 16.9 Å². The average molecular weight is 464 g/mol. The number of halogens is 1. The lowest BCUT2D eigenvalue weighted by molar-refractivity contribution is 0.1000. The van der Waals surface area contributed by atoms with Crippen LogP contribution in [0.2, 0.25) is 0 Å². The maximum atomic E-state index is 13.9. The number of pyridine rings is 2. The summed E-state index contributed by atoms with van der Waals surface area (Å²) in [6.45, 7) is 1.84. The molecular formula is C23H21FN6O4. The molecule has 0 spiro atoms. The molecule has 0 atom stereocenters. The number of carbonyl (C=O) groups is 2. The summed E-state index contributed by atoms with van der Waals surface area (Å²) in [5.74, 6) is -0.908. The quantitative estimate of drug-likeness (QED) is 0.422. The lowest BCUT2D eigenvalue weighted by atomic mass is 10.1. The Morgan fingerprint density at radius 3 is 2.59 bits per heavy atom. The minimum absolute atomic E-state index is 0.0315. The van der Waals surface area contributed by atoms with Crippen molar-refractivity contribution in [1.82, 2.24) is 19.8 Å². The highest BCUT2D eigenvalue weighted by Crippen LogP contribution is 2.31. The summed E-state index contributed by atoms with van der Waals surface area (Å²) in [5, 5.41) is 0. The molecular weight excluding hydrogens is 443 g/mol. The van der Waals surface area contributed by atoms with Gasteiger partial charge in [-0.05, 0) is 43.3 Å². The van der Waals surface area contributed by atoms with Gasteiger partial charge in [0.15, 0.2) is 11.6 Å². The Kier molecular flexibility index (Phi) is 6.11. The molecule has 3 aromatic heterocycles. The average Bonchev–Trinajstić information content (AvgIpc) is 3.15. The number of hydrogen-bond donors (Lipinski definition) is 2. The van der Waals surface area contributed by atoms with Crippen molar-refractivity contribution in [2.45, 2.75) is 6.92 Å². The van der Waals surface area contributed by atoms with Crippen LogP contribution in [0.5, 0.6) is 5.75 Å². The van der Waals surface area contributed by atoms with Gasteiger partial charge < -0.3 is 10.5 Å². The Morgan fingerprint density at radius 2 is 1.94 bits per heavy atom. The number of fused-ring (bicyclic) bond motifs is 1. The number of anilines is 2. The number of aryl methyl sites for hydroxylation is 1. The number of nitrogens with one attached hydrogen (secondary N) is 1. The smallest absolute Gasteiger partial charge is 0.351 e. The Hall–Kier alpha value is -4.51. The number of urea groups is 1. The zero-order valence-corrected chi connectivity index (χ0v) is 18.6. The fourth-order valence-corrected chi connectivity index (χ4v) is 3.59. The van der Waals surface area contributed by atoms with Crippen LogP contribution in [-0.4, -0.2) is 40.5 Å². The number of benzene rings is 1. The van der Waals surface area contributed by atoms with Crippen LogP contribution in [0, 0.1) is 12.7 Å². The number of carbonyl (C=O) groups excluding carboxylic acids is 2. The number of primary amides is 1. The number of amides is 3. The van der Waals surface area contributed by atoms with Crippen molar-refractivity contribution in [3.05, 3.63) is 71.9 Å². The fraction of sp³-hybridized carbons (Fsp3) is 0.130. The standard InChI is InChI=1S/C23H21FN6O4/c1-13-21(29-12-15(22(25)31)5-9-20(29)27-13)14-4-8-19(26-11-14)30(23(32)28-34-3)16-6-7-17(24)18(10-16)33-2/h4-12H,1-3H3,(H2,25,31)(H,28,32). The van der Waals surface area contributed by atoms with Crippen LogP contribution in [0.15, 0.2) is 54.9 Å². The molecule has 11 heteroatoms. The third-order valence-corrected chi connectivity index (χ3v) is 5.11. The minimum Gasteiger partial charge on any atom is -0.494 e. The summed E-state index contributed by atoms with van der Waals surface area (Å²) in [6.07, 6.45) is 3.18. The van der Waals surface area contributed by atoms with Gasteiger partial charge in [-0.2, -0.15) is 0 Å². The van der Waals surface area contributed by atoms with Gasteiger partial charge in [-0.25, -0.2) is 29.5 Å². The van der Waals surface area contributed by atoms with E-state index in [0.29, 0.717) is 33.8 Å². The highest BCUT2D eigenvalue weighted by molar-refractivity contribution is 5.98. The maximum absolute atomic E-state index is 13.9. The molecule has 4 rings (SSSR count). The van der Waals surface area contributed by atoms with Gasteiger partial charge in [-0.1, -0.05) is 0 Å². The van der Waals surface area contributed by atoms with Crippen LogP contribution >= 0.6 is 0 Å². The van der Waals surface area contributed by atoms with Crippen LogP contribution in [0.1, 0.15) is 16.1 Å². The van der Waals surface area contributed by atoms with Gasteiger partial charge in [0.25, 0.3) is 0 Å². The van der Waals surface area contributed by atoms with Crippen molar-refractivity contribution in [2.24, 2.45) is 5.73 Å². The lowest BCUT2D eigenvalue weighted by Gasteiger charge is -2.22. The molecule has 3 heterocycles. The van der Waals surface area contributed by atoms with Crippen LogP contribution < -0.4 is 20.9 Å². The van der Waals surface area contributed by atoms with Crippen molar-refractivity contribution in [1.29, 1.82) is 0 Å². The summed E-state index contributed by atoms with van der Waals surface area (Å²) >= 11 is 0. The van der Waals surface area contributed by atoms with Crippen molar-refractivity contribution < 1.29 is 23.6 Å². The minimum atomic E-state index is -0.645. The second kappa shape index (κ2) is 9.16. The van der Waals surface area contributed by atoms with Crippen molar-refractivity contribution in [3.63, 3.8) is 0 Å². The van der Waals surface area contributed by atoms with Crippen molar-refractivity contribution in [2.75, 3.05) is 19.1 Å². The summed E-state index contributed by atoms with van der Waals surface area (Å²) in [4.78, 5) is 39.3. The van der Waals surface area contributed by atoms with E-state index in [9.17, 15) is 14.0 Å². The zero-order valence-electron chi connectivity index (χ0n) is 18.6. The third kappa shape index (κ3) is 4.11. The third-order valence-electron chi connectivity index (χ3n) is 5.11. The number of hydrogen-bond acceptors (Lipinski definition) is 6. The first-order chi connectivity index (χ1) is 16.3. The number of nitrogens with two attached hydrogens (primary N) is 1. The molecule has 1 aromatic carbocycles. The SMILES string of the molecule is CONC(=O)N(c1ccc(F)c(OC)c1)c1ccc(-c2c(C)nc3ccc(C(N)=O)cn23)cn1. The molecule has 4 aromatic rings. The van der Waals surface area contributed by atoms with Gasteiger partial charge in [0.05, 0.1) is 36.9 Å². The number of ether oxygens (including phenoxy) is 1. The summed E-state index contributed by atoms with van der Waals surface area (Å²) in [6, 6.07) is 10.0. The van der Waals surface area contributed by atoms with E-state index in [-0.39, 0.29) is 11.6 Å². The largest absolute Gasteiger partial charge is 0.494 e. The topological polar surface area (TPSA) is 124 Å². The van der Waals surface area contributed by atoms with E-state index in [0.717, 1.165) is 0 Å². The molecule has 0 aliphatic carbocycles. The van der Waals surface area contributed by atoms with Gasteiger partial charge >= 0.3 is 6.03 Å². The predicted molar refractivity (Wildman–Crippen MR) is 122 cm³/mol. The molecule has 0 bridgehead atoms. The summed E-state index contributed by atoms with van der Waals surface area (Å²) in [7, 11) is 2.63. The molecule has 3 amide bonds. The normalized spacial score (nSPS) is 10.8. The van der Waals surface area contributed by atoms with Crippen molar-refractivity contribution in [3.8, 4) is 17.0 Å². The fourth-order valence-electron chi connectivity index (χ4n) is 3.59. The Balaban J connectivity index is 1.78. The molecule has 10 nitrogen and oxygen atoms in total. The first-order valence-electron chi connectivity index (χ1n) is 10.1. The van der Waals surface area contributed by atoms with Gasteiger partial charge in [0.1, 0.15) is 11.5 Å². The van der Waals surface area contributed by atoms with Gasteiger partial charge in [0, 0.05) is 24.0 Å². The molecule has 3 N–H and O–H groups in total. The first-order valence-corrected chi connectivity index (χ1v) is 10.1. The number of rotatable bonds is 6. The molecule has 0 saturated carbocycles. The van der Waals surface area contributed by atoms with Crippen molar-refractivity contribution >= 4 is 29.1 Å². The Bertz CT molecular complexity index is 1390. The first kappa shape index (κ1) is 22.7. The molecule has 0 saturated heterocycles. The number of aromatic nitrogens is 3. The second-order valence-corrected chi connectivity index (χ2v) is 7.23. The summed E-state index contributed by atoms with van der Waals surface area (Å²) < 4.78 is 20.7. The van der Waals surface area contributed by atoms with Crippen LogP contribution in [-0.2, 0) is 4.84 Å². The monoisotopic (exact) mass is 464 g/mol. The zero-order chi connectivity index (χ0) is 24.4. The van der Waals surface area contributed by atoms with E-state index in [4.69, 9.17) is 15.3 Å². The summed E-state index contributed by atoms with van der Waals surface area (Å²) in [5.41, 5.74) is 11.1. The lowest BCUT2D eigenvalue weighted by Crippen LogP contribution is -2.36. The van der Waals surface area contributed by atoms with E-state index in [2.05, 4.69) is 15.4 Å². The van der Waals surface area contributed by atoms with E-state index < -0.39 is 17.8 Å². The van der Waals surface area contributed by atoms with Gasteiger partial charge in [0.2, 0.25) is 5.91 Å². The predicted octanol–water partition coefficient (Wildman–Crippen LogP) is 3.36. The number of nitrogens with zero attached hydrogens (tertiary/aromatic N) is 4. The van der Waals surface area contributed by atoms with E-state index >= 15 is 0 Å². The second-order valence-electron chi connectivity index (χ2n) is 7.23. The number of methoxy groups -OCH3 is 1. The number of imidazole rings is 1. The van der Waals surface area contributed by atoms with Gasteiger partial charge in [-0.3, -0.25) is 14.0 Å². The molecule has 0 aliphatic rings. The molecule has 34 heavy (non-hydrogen) atoms. The van der Waals surface area contributed by atoms with Gasteiger partial charge in [-0.15, -0.1) is 0 Å².